The first-order valence-corrected chi connectivity index (χ1v) is 7.97. The first-order chi connectivity index (χ1) is 9.61. The normalized spacial score (nSPS) is 19.3. The number of hydrogen-bond donors (Lipinski definition) is 2. The molecule has 0 spiro atoms. The molecule has 1 aliphatic rings. The standard InChI is InChI=1S/C13H17F3N2O2S/c1-9(17-2)10-4-3-5-11(8-10)21(19,20)18-12(6-7-12)13(14,15)16/h3-5,8-9,17-18H,6-7H2,1-2H3. The van der Waals surface area contributed by atoms with Crippen molar-refractivity contribution in [1.29, 1.82) is 0 Å². The molecule has 1 unspecified atom stereocenters. The van der Waals surface area contributed by atoms with Crippen LogP contribution in [0.15, 0.2) is 29.2 Å². The Kier molecular flexibility index (Phi) is 4.07. The second-order valence-corrected chi connectivity index (χ2v) is 6.95. The summed E-state index contributed by atoms with van der Waals surface area (Å²) < 4.78 is 64.7. The molecule has 1 atom stereocenters. The molecule has 1 aromatic rings. The van der Waals surface area contributed by atoms with Crippen LogP contribution in [-0.2, 0) is 10.0 Å². The number of nitrogens with one attached hydrogen (secondary N) is 2. The zero-order valence-corrected chi connectivity index (χ0v) is 12.5. The molecule has 0 heterocycles. The number of hydrogen-bond acceptors (Lipinski definition) is 3. The van der Waals surface area contributed by atoms with Crippen LogP contribution in [0.2, 0.25) is 0 Å². The van der Waals surface area contributed by atoms with Crippen molar-refractivity contribution < 1.29 is 21.6 Å². The van der Waals surface area contributed by atoms with E-state index in [1.165, 1.54) is 18.2 Å². The molecule has 0 saturated heterocycles. The molecule has 2 N–H and O–H groups in total. The van der Waals surface area contributed by atoms with Gasteiger partial charge in [-0.25, -0.2) is 8.42 Å². The summed E-state index contributed by atoms with van der Waals surface area (Å²) in [5, 5.41) is 2.95. The van der Waals surface area contributed by atoms with E-state index in [2.05, 4.69) is 5.32 Å². The minimum atomic E-state index is -4.57. The summed E-state index contributed by atoms with van der Waals surface area (Å²) >= 11 is 0. The monoisotopic (exact) mass is 322 g/mol. The van der Waals surface area contributed by atoms with Crippen molar-refractivity contribution in [2.24, 2.45) is 0 Å². The van der Waals surface area contributed by atoms with Crippen LogP contribution in [-0.4, -0.2) is 27.2 Å². The van der Waals surface area contributed by atoms with Crippen molar-refractivity contribution in [1.82, 2.24) is 10.0 Å². The topological polar surface area (TPSA) is 58.2 Å². The average molecular weight is 322 g/mol. The minimum Gasteiger partial charge on any atom is -0.313 e. The van der Waals surface area contributed by atoms with E-state index in [9.17, 15) is 21.6 Å². The van der Waals surface area contributed by atoms with Gasteiger partial charge in [0, 0.05) is 6.04 Å². The lowest BCUT2D eigenvalue weighted by atomic mass is 10.1. The highest BCUT2D eigenvalue weighted by Crippen LogP contribution is 2.49. The third-order valence-corrected chi connectivity index (χ3v) is 5.26. The summed E-state index contributed by atoms with van der Waals surface area (Å²) in [5.74, 6) is 0. The summed E-state index contributed by atoms with van der Waals surface area (Å²) in [4.78, 5) is -0.155. The summed E-state index contributed by atoms with van der Waals surface area (Å²) in [5.41, 5.74) is -1.60. The lowest BCUT2D eigenvalue weighted by molar-refractivity contribution is -0.160. The maximum Gasteiger partial charge on any atom is 0.407 e. The Morgan fingerprint density at radius 2 is 1.90 bits per heavy atom. The minimum absolute atomic E-state index is 0.0994. The van der Waals surface area contributed by atoms with E-state index in [1.54, 1.807) is 13.1 Å². The van der Waals surface area contributed by atoms with Gasteiger partial charge in [-0.1, -0.05) is 12.1 Å². The molecule has 1 aliphatic carbocycles. The lowest BCUT2D eigenvalue weighted by Gasteiger charge is -2.21. The van der Waals surface area contributed by atoms with E-state index >= 15 is 0 Å². The molecule has 118 valence electrons. The van der Waals surface area contributed by atoms with Gasteiger partial charge in [-0.15, -0.1) is 0 Å². The van der Waals surface area contributed by atoms with Gasteiger partial charge in [0.1, 0.15) is 5.54 Å². The van der Waals surface area contributed by atoms with Crippen LogP contribution < -0.4 is 10.0 Å². The van der Waals surface area contributed by atoms with E-state index in [-0.39, 0.29) is 23.8 Å². The predicted molar refractivity (Wildman–Crippen MR) is 72.3 cm³/mol. The smallest absolute Gasteiger partial charge is 0.313 e. The SMILES string of the molecule is CNC(C)c1cccc(S(=O)(=O)NC2(C(F)(F)F)CC2)c1. The second-order valence-electron chi connectivity index (χ2n) is 5.27. The quantitative estimate of drug-likeness (QED) is 0.875. The molecule has 0 amide bonds. The third kappa shape index (κ3) is 3.22. The first-order valence-electron chi connectivity index (χ1n) is 6.49. The fraction of sp³-hybridized carbons (Fsp3) is 0.538. The number of benzene rings is 1. The van der Waals surface area contributed by atoms with Crippen LogP contribution in [0.3, 0.4) is 0 Å². The fourth-order valence-electron chi connectivity index (χ4n) is 2.00. The molecular weight excluding hydrogens is 305 g/mol. The van der Waals surface area contributed by atoms with Crippen LogP contribution in [0, 0.1) is 0 Å². The van der Waals surface area contributed by atoms with Crippen LogP contribution in [0.5, 0.6) is 0 Å². The van der Waals surface area contributed by atoms with Gasteiger partial charge in [-0.2, -0.15) is 17.9 Å². The first kappa shape index (κ1) is 16.3. The van der Waals surface area contributed by atoms with E-state index < -0.39 is 21.7 Å². The zero-order valence-electron chi connectivity index (χ0n) is 11.7. The van der Waals surface area contributed by atoms with Crippen LogP contribution in [0.1, 0.15) is 31.4 Å². The van der Waals surface area contributed by atoms with Crippen LogP contribution in [0.4, 0.5) is 13.2 Å². The van der Waals surface area contributed by atoms with Crippen LogP contribution in [0.25, 0.3) is 0 Å². The average Bonchev–Trinajstić information content (AvgIpc) is 3.18. The second kappa shape index (κ2) is 5.26. The molecule has 2 rings (SSSR count). The molecule has 0 aliphatic heterocycles. The summed E-state index contributed by atoms with van der Waals surface area (Å²) in [7, 11) is -2.49. The van der Waals surface area contributed by atoms with E-state index in [0.29, 0.717) is 5.56 Å². The number of rotatable bonds is 5. The molecule has 21 heavy (non-hydrogen) atoms. The molecule has 4 nitrogen and oxygen atoms in total. The van der Waals surface area contributed by atoms with Gasteiger partial charge in [0.05, 0.1) is 4.90 Å². The zero-order chi connectivity index (χ0) is 15.9. The Balaban J connectivity index is 2.29. The highest BCUT2D eigenvalue weighted by molar-refractivity contribution is 7.89. The van der Waals surface area contributed by atoms with Crippen molar-refractivity contribution in [2.45, 2.75) is 42.4 Å². The van der Waals surface area contributed by atoms with Crippen molar-refractivity contribution in [3.8, 4) is 0 Å². The Hall–Kier alpha value is -1.12. The van der Waals surface area contributed by atoms with Gasteiger partial charge in [0.15, 0.2) is 0 Å². The van der Waals surface area contributed by atoms with Gasteiger partial charge in [0.25, 0.3) is 0 Å². The molecule has 1 aromatic carbocycles. The number of alkyl halides is 3. The molecular formula is C13H17F3N2O2S. The Morgan fingerprint density at radius 1 is 1.29 bits per heavy atom. The lowest BCUT2D eigenvalue weighted by Crippen LogP contribution is -2.47. The van der Waals surface area contributed by atoms with Crippen molar-refractivity contribution >= 4 is 10.0 Å². The Labute approximate surface area is 121 Å². The highest BCUT2D eigenvalue weighted by atomic mass is 32.2. The summed E-state index contributed by atoms with van der Waals surface area (Å²) in [6.07, 6.45) is -5.01. The van der Waals surface area contributed by atoms with E-state index in [1.807, 2.05) is 11.6 Å². The number of sulfonamides is 1. The molecule has 0 bridgehead atoms. The number of halogens is 3. The highest BCUT2D eigenvalue weighted by Gasteiger charge is 2.65. The summed E-state index contributed by atoms with van der Waals surface area (Å²) in [6.45, 7) is 1.83. The third-order valence-electron chi connectivity index (χ3n) is 3.72. The van der Waals surface area contributed by atoms with Crippen molar-refractivity contribution in [2.75, 3.05) is 7.05 Å². The molecule has 1 fully saturated rings. The molecule has 1 saturated carbocycles. The molecule has 8 heteroatoms. The maximum atomic E-state index is 12.9. The van der Waals surface area contributed by atoms with Gasteiger partial charge in [-0.05, 0) is 44.5 Å². The predicted octanol–water partition coefficient (Wildman–Crippen LogP) is 2.34. The van der Waals surface area contributed by atoms with Gasteiger partial charge in [-0.3, -0.25) is 0 Å². The fourth-order valence-corrected chi connectivity index (χ4v) is 3.50. The maximum absolute atomic E-state index is 12.9. The van der Waals surface area contributed by atoms with Gasteiger partial charge in [0.2, 0.25) is 10.0 Å². The molecule has 0 aromatic heterocycles. The largest absolute Gasteiger partial charge is 0.407 e. The van der Waals surface area contributed by atoms with Gasteiger partial charge >= 0.3 is 6.18 Å². The van der Waals surface area contributed by atoms with E-state index in [0.717, 1.165) is 0 Å². The van der Waals surface area contributed by atoms with Crippen molar-refractivity contribution in [3.63, 3.8) is 0 Å². The summed E-state index contributed by atoms with van der Waals surface area (Å²) in [6, 6.07) is 5.82. The molecule has 0 radical (unpaired) electrons. The Morgan fingerprint density at radius 3 is 2.38 bits per heavy atom. The van der Waals surface area contributed by atoms with Crippen LogP contribution >= 0.6 is 0 Å². The van der Waals surface area contributed by atoms with Gasteiger partial charge < -0.3 is 5.32 Å². The van der Waals surface area contributed by atoms with E-state index in [4.69, 9.17) is 0 Å². The van der Waals surface area contributed by atoms with Crippen molar-refractivity contribution in [3.05, 3.63) is 29.8 Å². The Bertz CT molecular complexity index is 625.